The van der Waals surface area contributed by atoms with E-state index in [0.29, 0.717) is 5.69 Å². The number of alkyl halides is 4. The molecule has 20 heavy (non-hydrogen) atoms. The number of rotatable bonds is 2. The van der Waals surface area contributed by atoms with E-state index in [1.165, 1.54) is 0 Å². The molecule has 0 aliphatic heterocycles. The Morgan fingerprint density at radius 3 is 2.35 bits per heavy atom. The van der Waals surface area contributed by atoms with Gasteiger partial charge in [0.05, 0.1) is 11.6 Å². The zero-order valence-electron chi connectivity index (χ0n) is 10.7. The highest BCUT2D eigenvalue weighted by atomic mass is 35.5. The van der Waals surface area contributed by atoms with Crippen molar-refractivity contribution in [2.45, 2.75) is 25.9 Å². The van der Waals surface area contributed by atoms with Crippen LogP contribution >= 0.6 is 23.2 Å². The van der Waals surface area contributed by atoms with Crippen molar-refractivity contribution in [1.29, 1.82) is 0 Å². The molecule has 2 nitrogen and oxygen atoms in total. The Kier molecular flexibility index (Phi) is 4.02. The highest BCUT2D eigenvalue weighted by Gasteiger charge is 2.39. The van der Waals surface area contributed by atoms with Crippen molar-refractivity contribution in [3.05, 3.63) is 45.7 Å². The standard InChI is InChI=1S/C13H11Cl2F3N2/c1-7-3-4-10(8(2)5-7)20-12(15)9(6-14)11(19-20)13(16,17)18/h3-5H,6H2,1-2H3. The van der Waals surface area contributed by atoms with Crippen molar-refractivity contribution in [3.8, 4) is 5.69 Å². The molecule has 0 saturated heterocycles. The minimum atomic E-state index is -4.59. The molecule has 0 aliphatic carbocycles. The molecule has 0 saturated carbocycles. The molecule has 0 spiro atoms. The van der Waals surface area contributed by atoms with E-state index in [4.69, 9.17) is 23.2 Å². The Morgan fingerprint density at radius 2 is 1.90 bits per heavy atom. The maximum Gasteiger partial charge on any atom is 0.435 e. The van der Waals surface area contributed by atoms with Gasteiger partial charge in [0.2, 0.25) is 0 Å². The van der Waals surface area contributed by atoms with Crippen LogP contribution in [-0.4, -0.2) is 9.78 Å². The molecule has 0 amide bonds. The molecule has 108 valence electrons. The third-order valence-corrected chi connectivity index (χ3v) is 3.56. The van der Waals surface area contributed by atoms with Gasteiger partial charge in [0.15, 0.2) is 5.69 Å². The SMILES string of the molecule is Cc1ccc(-n2nc(C(F)(F)F)c(CCl)c2Cl)c(C)c1. The summed E-state index contributed by atoms with van der Waals surface area (Å²) in [7, 11) is 0. The smallest absolute Gasteiger partial charge is 0.221 e. The van der Waals surface area contributed by atoms with Crippen LogP contribution in [0, 0.1) is 13.8 Å². The first-order valence-electron chi connectivity index (χ1n) is 5.74. The lowest BCUT2D eigenvalue weighted by atomic mass is 10.1. The van der Waals surface area contributed by atoms with Crippen LogP contribution in [0.3, 0.4) is 0 Å². The van der Waals surface area contributed by atoms with Gasteiger partial charge in [-0.3, -0.25) is 0 Å². The Balaban J connectivity index is 2.67. The second kappa shape index (κ2) is 5.30. The first kappa shape index (κ1) is 15.2. The number of benzene rings is 1. The lowest BCUT2D eigenvalue weighted by Gasteiger charge is -2.08. The Hall–Kier alpha value is -1.20. The average Bonchev–Trinajstić information content (AvgIpc) is 2.66. The van der Waals surface area contributed by atoms with Crippen LogP contribution in [0.25, 0.3) is 5.69 Å². The van der Waals surface area contributed by atoms with E-state index >= 15 is 0 Å². The molecule has 7 heteroatoms. The van der Waals surface area contributed by atoms with Gasteiger partial charge in [0.1, 0.15) is 5.15 Å². The fraction of sp³-hybridized carbons (Fsp3) is 0.308. The molecule has 0 atom stereocenters. The minimum Gasteiger partial charge on any atom is -0.221 e. The van der Waals surface area contributed by atoms with Gasteiger partial charge in [0.25, 0.3) is 0 Å². The molecule has 0 radical (unpaired) electrons. The number of halogens is 5. The van der Waals surface area contributed by atoms with Gasteiger partial charge >= 0.3 is 6.18 Å². The van der Waals surface area contributed by atoms with E-state index in [9.17, 15) is 13.2 Å². The minimum absolute atomic E-state index is 0.112. The van der Waals surface area contributed by atoms with Crippen molar-refractivity contribution in [3.63, 3.8) is 0 Å². The zero-order valence-corrected chi connectivity index (χ0v) is 12.2. The van der Waals surface area contributed by atoms with Crippen LogP contribution in [0.5, 0.6) is 0 Å². The highest BCUT2D eigenvalue weighted by Crippen LogP contribution is 2.36. The molecule has 2 aromatic rings. The number of aromatic nitrogens is 2. The van der Waals surface area contributed by atoms with Crippen LogP contribution in [0.2, 0.25) is 5.15 Å². The van der Waals surface area contributed by atoms with Gasteiger partial charge in [-0.15, -0.1) is 11.6 Å². The average molecular weight is 323 g/mol. The predicted molar refractivity (Wildman–Crippen MR) is 72.6 cm³/mol. The maximum absolute atomic E-state index is 12.9. The largest absolute Gasteiger partial charge is 0.435 e. The second-order valence-corrected chi connectivity index (χ2v) is 5.08. The summed E-state index contributed by atoms with van der Waals surface area (Å²) in [6.45, 7) is 3.68. The van der Waals surface area contributed by atoms with Crippen molar-refractivity contribution < 1.29 is 13.2 Å². The Morgan fingerprint density at radius 1 is 1.25 bits per heavy atom. The van der Waals surface area contributed by atoms with Gasteiger partial charge in [-0.1, -0.05) is 29.3 Å². The summed E-state index contributed by atoms with van der Waals surface area (Å²) >= 11 is 11.6. The molecule has 1 aromatic carbocycles. The number of hydrogen-bond donors (Lipinski definition) is 0. The fourth-order valence-corrected chi connectivity index (χ4v) is 2.59. The number of aryl methyl sites for hydroxylation is 2. The normalized spacial score (nSPS) is 11.9. The van der Waals surface area contributed by atoms with Gasteiger partial charge < -0.3 is 0 Å². The summed E-state index contributed by atoms with van der Waals surface area (Å²) in [5.74, 6) is -0.349. The molecule has 0 N–H and O–H groups in total. The quantitative estimate of drug-likeness (QED) is 0.719. The van der Waals surface area contributed by atoms with E-state index in [0.717, 1.165) is 15.8 Å². The molecule has 0 bridgehead atoms. The summed E-state index contributed by atoms with van der Waals surface area (Å²) < 4.78 is 39.8. The second-order valence-electron chi connectivity index (χ2n) is 4.45. The molecule has 0 aliphatic rings. The van der Waals surface area contributed by atoms with Crippen molar-refractivity contribution in [2.75, 3.05) is 0 Å². The van der Waals surface area contributed by atoms with Crippen molar-refractivity contribution in [2.24, 2.45) is 0 Å². The summed E-state index contributed by atoms with van der Waals surface area (Å²) in [5.41, 5.74) is 1.04. The maximum atomic E-state index is 12.9. The van der Waals surface area contributed by atoms with Gasteiger partial charge in [-0.05, 0) is 25.5 Å². The van der Waals surface area contributed by atoms with Crippen LogP contribution in [0.1, 0.15) is 22.4 Å². The first-order valence-corrected chi connectivity index (χ1v) is 6.65. The summed E-state index contributed by atoms with van der Waals surface area (Å²) in [6, 6.07) is 5.32. The molecule has 0 fully saturated rings. The lowest BCUT2D eigenvalue weighted by molar-refractivity contribution is -0.141. The fourth-order valence-electron chi connectivity index (χ4n) is 1.98. The van der Waals surface area contributed by atoms with Crippen LogP contribution in [-0.2, 0) is 12.1 Å². The predicted octanol–water partition coefficient (Wildman–Crippen LogP) is 4.90. The van der Waals surface area contributed by atoms with Crippen LogP contribution in [0.4, 0.5) is 13.2 Å². The van der Waals surface area contributed by atoms with Crippen LogP contribution in [0.15, 0.2) is 18.2 Å². The highest BCUT2D eigenvalue weighted by molar-refractivity contribution is 6.31. The van der Waals surface area contributed by atoms with Gasteiger partial charge in [0, 0.05) is 5.56 Å². The van der Waals surface area contributed by atoms with E-state index < -0.39 is 11.9 Å². The van der Waals surface area contributed by atoms with E-state index in [2.05, 4.69) is 5.10 Å². The number of hydrogen-bond acceptors (Lipinski definition) is 1. The van der Waals surface area contributed by atoms with E-state index in [-0.39, 0.29) is 16.6 Å². The molecular formula is C13H11Cl2F3N2. The summed E-state index contributed by atoms with van der Waals surface area (Å²) in [6.07, 6.45) is -4.59. The third-order valence-electron chi connectivity index (χ3n) is 2.90. The molecule has 1 aromatic heterocycles. The molecule has 1 heterocycles. The van der Waals surface area contributed by atoms with Crippen molar-refractivity contribution >= 4 is 23.2 Å². The molecule has 2 rings (SSSR count). The van der Waals surface area contributed by atoms with Gasteiger partial charge in [-0.2, -0.15) is 18.3 Å². The molecular weight excluding hydrogens is 312 g/mol. The van der Waals surface area contributed by atoms with E-state index in [1.54, 1.807) is 19.1 Å². The Labute approximate surface area is 124 Å². The lowest BCUT2D eigenvalue weighted by Crippen LogP contribution is -2.09. The van der Waals surface area contributed by atoms with Gasteiger partial charge in [-0.25, -0.2) is 4.68 Å². The summed E-state index contributed by atoms with van der Waals surface area (Å²) in [4.78, 5) is 0. The van der Waals surface area contributed by atoms with Crippen molar-refractivity contribution in [1.82, 2.24) is 9.78 Å². The van der Waals surface area contributed by atoms with Crippen LogP contribution < -0.4 is 0 Å². The Bertz CT molecular complexity index is 648. The zero-order chi connectivity index (χ0) is 15.1. The third kappa shape index (κ3) is 2.65. The monoisotopic (exact) mass is 322 g/mol. The van der Waals surface area contributed by atoms with E-state index in [1.807, 2.05) is 13.0 Å². The first-order chi connectivity index (χ1) is 9.25. The summed E-state index contributed by atoms with van der Waals surface area (Å²) in [5, 5.41) is 3.48. The molecule has 0 unspecified atom stereocenters. The topological polar surface area (TPSA) is 17.8 Å². The number of nitrogens with zero attached hydrogens (tertiary/aromatic N) is 2.